The number of esters is 1. The molecule has 84 heavy (non-hydrogen) atoms. The summed E-state index contributed by atoms with van der Waals surface area (Å²) in [5.41, 5.74) is 0. The van der Waals surface area contributed by atoms with Gasteiger partial charge >= 0.3 is 5.97 Å². The summed E-state index contributed by atoms with van der Waals surface area (Å²) in [6, 6.07) is -0.540. The number of aliphatic hydroxyl groups excluding tert-OH is 2. The fourth-order valence-electron chi connectivity index (χ4n) is 12.1. The third-order valence-electron chi connectivity index (χ3n) is 17.9. The number of hydrogen-bond donors (Lipinski definition) is 3. The molecule has 6 heteroatoms. The van der Waals surface area contributed by atoms with Gasteiger partial charge in [-0.2, -0.15) is 0 Å². The minimum Gasteiger partial charge on any atom is -0.466 e. The van der Waals surface area contributed by atoms with E-state index < -0.39 is 12.1 Å². The molecule has 0 radical (unpaired) electrons. The quantitative estimate of drug-likeness (QED) is 0.0320. The molecule has 496 valence electrons. The molecule has 1 amide bonds. The van der Waals surface area contributed by atoms with Crippen LogP contribution in [-0.2, 0) is 14.3 Å². The highest BCUT2D eigenvalue weighted by molar-refractivity contribution is 5.76. The van der Waals surface area contributed by atoms with E-state index >= 15 is 0 Å². The number of unbranched alkanes of at least 4 members (excludes halogenated alkanes) is 55. The van der Waals surface area contributed by atoms with Crippen molar-refractivity contribution in [2.45, 2.75) is 437 Å². The number of amides is 1. The van der Waals surface area contributed by atoms with E-state index in [0.717, 1.165) is 51.4 Å². The van der Waals surface area contributed by atoms with Gasteiger partial charge in [0.25, 0.3) is 0 Å². The average molecular weight is 1180 g/mol. The van der Waals surface area contributed by atoms with Crippen LogP contribution in [0.2, 0.25) is 0 Å². The summed E-state index contributed by atoms with van der Waals surface area (Å²) < 4.78 is 5.50. The summed E-state index contributed by atoms with van der Waals surface area (Å²) in [5, 5.41) is 23.4. The monoisotopic (exact) mass is 1180 g/mol. The molecule has 0 aromatic rings. The molecular formula is C78H149NO5. The van der Waals surface area contributed by atoms with Crippen LogP contribution in [0.15, 0.2) is 36.5 Å². The zero-order valence-electron chi connectivity index (χ0n) is 56.9. The van der Waals surface area contributed by atoms with Gasteiger partial charge in [-0.15, -0.1) is 0 Å². The molecule has 0 bridgehead atoms. The van der Waals surface area contributed by atoms with Crippen molar-refractivity contribution < 1.29 is 24.5 Å². The van der Waals surface area contributed by atoms with Gasteiger partial charge in [0.2, 0.25) is 5.91 Å². The van der Waals surface area contributed by atoms with Gasteiger partial charge in [0.15, 0.2) is 0 Å². The number of rotatable bonds is 72. The number of hydrogen-bond acceptors (Lipinski definition) is 5. The smallest absolute Gasteiger partial charge is 0.305 e. The van der Waals surface area contributed by atoms with Crippen LogP contribution in [0.25, 0.3) is 0 Å². The first-order valence-corrected chi connectivity index (χ1v) is 38.2. The highest BCUT2D eigenvalue weighted by atomic mass is 16.5. The van der Waals surface area contributed by atoms with Crippen molar-refractivity contribution in [3.8, 4) is 0 Å². The Kier molecular flexibility index (Phi) is 71.9. The molecule has 0 aromatic heterocycles. The normalized spacial score (nSPS) is 12.7. The molecule has 0 aromatic carbocycles. The molecular weight excluding hydrogens is 1030 g/mol. The lowest BCUT2D eigenvalue weighted by molar-refractivity contribution is -0.143. The fourth-order valence-corrected chi connectivity index (χ4v) is 12.1. The van der Waals surface area contributed by atoms with Gasteiger partial charge in [0.05, 0.1) is 25.4 Å². The molecule has 2 unspecified atom stereocenters. The highest BCUT2D eigenvalue weighted by Crippen LogP contribution is 2.19. The SMILES string of the molecule is CCCCC/C=C\C/C=C\CCCCCCCCCC(=O)OCCCCCCCCCCCCCC/C=C\CCCCCCCCCCCCCCCCCCC(=O)NC(CO)C(O)CCCCCCCCCCCCCCCCCCCC. The first-order valence-electron chi connectivity index (χ1n) is 38.2. The van der Waals surface area contributed by atoms with Crippen molar-refractivity contribution in [1.82, 2.24) is 5.32 Å². The van der Waals surface area contributed by atoms with E-state index in [0.29, 0.717) is 25.9 Å². The van der Waals surface area contributed by atoms with E-state index in [4.69, 9.17) is 4.74 Å². The summed E-state index contributed by atoms with van der Waals surface area (Å²) >= 11 is 0. The lowest BCUT2D eigenvalue weighted by Gasteiger charge is -2.22. The Hall–Kier alpha value is -1.92. The zero-order valence-corrected chi connectivity index (χ0v) is 56.9. The van der Waals surface area contributed by atoms with E-state index in [1.165, 1.54) is 340 Å². The van der Waals surface area contributed by atoms with Crippen molar-refractivity contribution >= 4 is 11.9 Å². The molecule has 3 N–H and O–H groups in total. The van der Waals surface area contributed by atoms with Crippen LogP contribution in [0, 0.1) is 0 Å². The Morgan fingerprint density at radius 2 is 0.595 bits per heavy atom. The average Bonchev–Trinajstić information content (AvgIpc) is 3.51. The predicted octanol–water partition coefficient (Wildman–Crippen LogP) is 25.0. The Labute approximate surface area is 525 Å². The van der Waals surface area contributed by atoms with Crippen LogP contribution in [0.5, 0.6) is 0 Å². The molecule has 2 atom stereocenters. The van der Waals surface area contributed by atoms with Gasteiger partial charge in [-0.25, -0.2) is 0 Å². The fraction of sp³-hybridized carbons (Fsp3) is 0.897. The molecule has 0 aliphatic carbocycles. The van der Waals surface area contributed by atoms with E-state index in [-0.39, 0.29) is 18.5 Å². The molecule has 0 spiro atoms. The Balaban J connectivity index is 3.35. The maximum Gasteiger partial charge on any atom is 0.305 e. The number of carbonyl (C=O) groups is 2. The number of ether oxygens (including phenoxy) is 1. The van der Waals surface area contributed by atoms with Crippen molar-refractivity contribution in [3.05, 3.63) is 36.5 Å². The van der Waals surface area contributed by atoms with Crippen molar-refractivity contribution in [2.75, 3.05) is 13.2 Å². The van der Waals surface area contributed by atoms with Crippen molar-refractivity contribution in [1.29, 1.82) is 0 Å². The van der Waals surface area contributed by atoms with Gasteiger partial charge in [0, 0.05) is 12.8 Å². The minimum atomic E-state index is -0.663. The Morgan fingerprint density at radius 3 is 0.940 bits per heavy atom. The molecule has 0 heterocycles. The van der Waals surface area contributed by atoms with Crippen molar-refractivity contribution in [3.63, 3.8) is 0 Å². The largest absolute Gasteiger partial charge is 0.466 e. The molecule has 0 saturated heterocycles. The minimum absolute atomic E-state index is 0.0110. The van der Waals surface area contributed by atoms with Crippen LogP contribution in [-0.4, -0.2) is 47.4 Å². The Bertz CT molecular complexity index is 1360. The van der Waals surface area contributed by atoms with Crippen LogP contribution in [0.4, 0.5) is 0 Å². The number of nitrogens with one attached hydrogen (secondary N) is 1. The summed E-state index contributed by atoms with van der Waals surface area (Å²) in [4.78, 5) is 24.6. The predicted molar refractivity (Wildman–Crippen MR) is 370 cm³/mol. The lowest BCUT2D eigenvalue weighted by Crippen LogP contribution is -2.45. The molecule has 0 aliphatic rings. The standard InChI is InChI=1S/C78H149NO5/c1-3-5-7-9-11-13-15-17-19-21-39-42-46-50-54-58-62-66-70-76(81)75(74-80)79-77(82)71-67-63-59-55-51-47-43-40-36-34-32-30-28-26-24-22-23-25-27-29-31-33-35-37-41-45-49-53-57-61-65-69-73-84-78(83)72-68-64-60-56-52-48-44-38-20-18-16-14-12-10-8-6-4-2/h12,14,18,20,25,27,75-76,80-81H,3-11,13,15-17,19,21-24,26,28-74H2,1-2H3,(H,79,82)/b14-12-,20-18-,27-25-. The molecule has 0 saturated carbocycles. The van der Waals surface area contributed by atoms with Crippen molar-refractivity contribution in [2.24, 2.45) is 0 Å². The highest BCUT2D eigenvalue weighted by Gasteiger charge is 2.20. The summed E-state index contributed by atoms with van der Waals surface area (Å²) in [6.07, 6.45) is 95.0. The summed E-state index contributed by atoms with van der Waals surface area (Å²) in [6.45, 7) is 4.97. The van der Waals surface area contributed by atoms with Gasteiger partial charge in [-0.05, 0) is 83.5 Å². The summed E-state index contributed by atoms with van der Waals surface area (Å²) in [7, 11) is 0. The van der Waals surface area contributed by atoms with Gasteiger partial charge < -0.3 is 20.3 Å². The molecule has 6 nitrogen and oxygen atoms in total. The van der Waals surface area contributed by atoms with Crippen LogP contribution >= 0.6 is 0 Å². The topological polar surface area (TPSA) is 95.9 Å². The second kappa shape index (κ2) is 73.5. The first-order chi connectivity index (χ1) is 41.5. The third kappa shape index (κ3) is 69.2. The van der Waals surface area contributed by atoms with E-state index in [2.05, 4.69) is 55.6 Å². The zero-order chi connectivity index (χ0) is 60.6. The second-order valence-corrected chi connectivity index (χ2v) is 26.3. The molecule has 0 fully saturated rings. The summed E-state index contributed by atoms with van der Waals surface area (Å²) in [5.74, 6) is -0.0173. The van der Waals surface area contributed by atoms with Crippen LogP contribution in [0.1, 0.15) is 425 Å². The van der Waals surface area contributed by atoms with E-state index in [1.54, 1.807) is 0 Å². The van der Waals surface area contributed by atoms with Gasteiger partial charge in [-0.3, -0.25) is 9.59 Å². The van der Waals surface area contributed by atoms with Gasteiger partial charge in [0.1, 0.15) is 0 Å². The van der Waals surface area contributed by atoms with E-state index in [9.17, 15) is 19.8 Å². The first kappa shape index (κ1) is 82.1. The molecule has 0 aliphatic heterocycles. The number of carbonyl (C=O) groups excluding carboxylic acids is 2. The Morgan fingerprint density at radius 1 is 0.333 bits per heavy atom. The van der Waals surface area contributed by atoms with Gasteiger partial charge in [-0.1, -0.05) is 365 Å². The number of allylic oxidation sites excluding steroid dienone is 6. The van der Waals surface area contributed by atoms with Crippen LogP contribution < -0.4 is 5.32 Å². The van der Waals surface area contributed by atoms with E-state index in [1.807, 2.05) is 0 Å². The maximum atomic E-state index is 12.5. The number of aliphatic hydroxyl groups is 2. The lowest BCUT2D eigenvalue weighted by atomic mass is 10.0. The molecule has 0 rings (SSSR count). The van der Waals surface area contributed by atoms with Crippen LogP contribution in [0.3, 0.4) is 0 Å². The maximum absolute atomic E-state index is 12.5. The second-order valence-electron chi connectivity index (χ2n) is 26.3. The third-order valence-corrected chi connectivity index (χ3v) is 17.9.